The third-order valence-electron chi connectivity index (χ3n) is 3.89. The van der Waals surface area contributed by atoms with Crippen LogP contribution in [0.2, 0.25) is 0 Å². The van der Waals surface area contributed by atoms with E-state index in [2.05, 4.69) is 10.6 Å². The zero-order valence-electron chi connectivity index (χ0n) is 12.8. The van der Waals surface area contributed by atoms with Gasteiger partial charge in [0, 0.05) is 23.7 Å². The second kappa shape index (κ2) is 7.25. The van der Waals surface area contributed by atoms with Crippen molar-refractivity contribution in [2.24, 2.45) is 11.8 Å². The van der Waals surface area contributed by atoms with E-state index in [4.69, 9.17) is 0 Å². The van der Waals surface area contributed by atoms with Gasteiger partial charge in [-0.05, 0) is 37.0 Å². The van der Waals surface area contributed by atoms with Crippen molar-refractivity contribution in [1.29, 1.82) is 0 Å². The summed E-state index contributed by atoms with van der Waals surface area (Å²) in [5, 5.41) is 5.76. The highest BCUT2D eigenvalue weighted by molar-refractivity contribution is 5.94. The monoisotopic (exact) mass is 288 g/mol. The van der Waals surface area contributed by atoms with Crippen molar-refractivity contribution in [2.45, 2.75) is 46.0 Å². The fourth-order valence-corrected chi connectivity index (χ4v) is 2.65. The number of hydrogen-bond donors (Lipinski definition) is 2. The molecule has 0 aromatic heterocycles. The first-order valence-corrected chi connectivity index (χ1v) is 7.75. The van der Waals surface area contributed by atoms with Crippen LogP contribution in [0.15, 0.2) is 24.3 Å². The van der Waals surface area contributed by atoms with Crippen molar-refractivity contribution in [3.05, 3.63) is 24.3 Å². The zero-order chi connectivity index (χ0) is 15.2. The lowest BCUT2D eigenvalue weighted by Crippen LogP contribution is -2.18. The maximum absolute atomic E-state index is 12.0. The van der Waals surface area contributed by atoms with Crippen LogP contribution in [0.25, 0.3) is 0 Å². The van der Waals surface area contributed by atoms with Gasteiger partial charge in [0.05, 0.1) is 0 Å². The summed E-state index contributed by atoms with van der Waals surface area (Å²) < 4.78 is 0. The first kappa shape index (κ1) is 15.5. The van der Waals surface area contributed by atoms with Gasteiger partial charge in [0.2, 0.25) is 11.8 Å². The summed E-state index contributed by atoms with van der Waals surface area (Å²) in [6, 6.07) is 7.30. The number of benzene rings is 1. The fourth-order valence-electron chi connectivity index (χ4n) is 2.65. The molecule has 0 atom stereocenters. The molecule has 0 bridgehead atoms. The average molecular weight is 288 g/mol. The summed E-state index contributed by atoms with van der Waals surface area (Å²) in [5.41, 5.74) is 1.45. The molecule has 4 nitrogen and oxygen atoms in total. The van der Waals surface area contributed by atoms with Gasteiger partial charge in [-0.2, -0.15) is 0 Å². The quantitative estimate of drug-likeness (QED) is 0.865. The topological polar surface area (TPSA) is 58.2 Å². The second-order valence-electron chi connectivity index (χ2n) is 6.13. The van der Waals surface area contributed by atoms with Crippen molar-refractivity contribution in [1.82, 2.24) is 0 Å². The van der Waals surface area contributed by atoms with E-state index in [9.17, 15) is 9.59 Å². The standard InChI is InChI=1S/C17H24N2O2/c1-12(2)17(21)19-15-9-5-8-14(11-15)18-16(20)10-13-6-3-4-7-13/h5,8-9,11-13H,3-4,6-7,10H2,1-2H3,(H,18,20)(H,19,21). The lowest BCUT2D eigenvalue weighted by Gasteiger charge is -2.12. The van der Waals surface area contributed by atoms with Gasteiger partial charge >= 0.3 is 0 Å². The summed E-state index contributed by atoms with van der Waals surface area (Å²) >= 11 is 0. The van der Waals surface area contributed by atoms with E-state index in [0.717, 1.165) is 18.5 Å². The Morgan fingerprint density at radius 2 is 1.76 bits per heavy atom. The Morgan fingerprint density at radius 3 is 2.38 bits per heavy atom. The molecule has 4 heteroatoms. The maximum atomic E-state index is 12.0. The van der Waals surface area contributed by atoms with Gasteiger partial charge < -0.3 is 10.6 Å². The first-order valence-electron chi connectivity index (χ1n) is 7.75. The van der Waals surface area contributed by atoms with E-state index >= 15 is 0 Å². The van der Waals surface area contributed by atoms with Crippen LogP contribution in [0.5, 0.6) is 0 Å². The predicted octanol–water partition coefficient (Wildman–Crippen LogP) is 3.80. The van der Waals surface area contributed by atoms with E-state index in [1.54, 1.807) is 6.07 Å². The van der Waals surface area contributed by atoms with Gasteiger partial charge in [0.1, 0.15) is 0 Å². The van der Waals surface area contributed by atoms with Gasteiger partial charge in [0.25, 0.3) is 0 Å². The molecular weight excluding hydrogens is 264 g/mol. The third kappa shape index (κ3) is 4.88. The van der Waals surface area contributed by atoms with E-state index < -0.39 is 0 Å². The Labute approximate surface area is 126 Å². The lowest BCUT2D eigenvalue weighted by molar-refractivity contribution is -0.119. The van der Waals surface area contributed by atoms with Crippen molar-refractivity contribution in [3.63, 3.8) is 0 Å². The Morgan fingerprint density at radius 1 is 1.14 bits per heavy atom. The van der Waals surface area contributed by atoms with E-state index in [1.165, 1.54) is 12.8 Å². The summed E-state index contributed by atoms with van der Waals surface area (Å²) in [6.07, 6.45) is 5.42. The SMILES string of the molecule is CC(C)C(=O)Nc1cccc(NC(=O)CC2CCCC2)c1. The molecule has 1 fully saturated rings. The van der Waals surface area contributed by atoms with E-state index in [0.29, 0.717) is 18.0 Å². The Hall–Kier alpha value is -1.84. The molecule has 21 heavy (non-hydrogen) atoms. The van der Waals surface area contributed by atoms with Gasteiger partial charge in [0.15, 0.2) is 0 Å². The molecule has 1 saturated carbocycles. The van der Waals surface area contributed by atoms with Crippen LogP contribution in [0.4, 0.5) is 11.4 Å². The van der Waals surface area contributed by atoms with Gasteiger partial charge in [-0.25, -0.2) is 0 Å². The molecule has 0 saturated heterocycles. The molecule has 1 aromatic rings. The smallest absolute Gasteiger partial charge is 0.226 e. The summed E-state index contributed by atoms with van der Waals surface area (Å²) in [5.74, 6) is 0.512. The second-order valence-corrected chi connectivity index (χ2v) is 6.13. The fraction of sp³-hybridized carbons (Fsp3) is 0.529. The van der Waals surface area contributed by atoms with Crippen LogP contribution in [0.3, 0.4) is 0 Å². The highest BCUT2D eigenvalue weighted by Gasteiger charge is 2.18. The molecule has 1 aromatic carbocycles. The number of nitrogens with one attached hydrogen (secondary N) is 2. The summed E-state index contributed by atoms with van der Waals surface area (Å²) in [4.78, 5) is 23.7. The molecule has 114 valence electrons. The minimum atomic E-state index is -0.0642. The molecule has 2 amide bonds. The molecule has 0 aliphatic heterocycles. The number of rotatable bonds is 5. The predicted molar refractivity (Wildman–Crippen MR) is 85.1 cm³/mol. The number of amides is 2. The van der Waals surface area contributed by atoms with Crippen molar-refractivity contribution < 1.29 is 9.59 Å². The largest absolute Gasteiger partial charge is 0.326 e. The van der Waals surface area contributed by atoms with Crippen LogP contribution in [-0.4, -0.2) is 11.8 Å². The number of carbonyl (C=O) groups excluding carboxylic acids is 2. The molecule has 0 spiro atoms. The van der Waals surface area contributed by atoms with Crippen LogP contribution in [-0.2, 0) is 9.59 Å². The van der Waals surface area contributed by atoms with Gasteiger partial charge in [-0.3, -0.25) is 9.59 Å². The van der Waals surface area contributed by atoms with Crippen molar-refractivity contribution in [2.75, 3.05) is 10.6 Å². The van der Waals surface area contributed by atoms with Gasteiger partial charge in [-0.15, -0.1) is 0 Å². The molecule has 0 radical (unpaired) electrons. The molecule has 2 N–H and O–H groups in total. The minimum absolute atomic E-state index is 0.0237. The lowest BCUT2D eigenvalue weighted by atomic mass is 10.0. The minimum Gasteiger partial charge on any atom is -0.326 e. The number of anilines is 2. The zero-order valence-corrected chi connectivity index (χ0v) is 12.8. The Kier molecular flexibility index (Phi) is 5.37. The van der Waals surface area contributed by atoms with Gasteiger partial charge in [-0.1, -0.05) is 32.8 Å². The Bertz CT molecular complexity index is 505. The van der Waals surface area contributed by atoms with Crippen molar-refractivity contribution in [3.8, 4) is 0 Å². The normalized spacial score (nSPS) is 15.2. The highest BCUT2D eigenvalue weighted by Crippen LogP contribution is 2.28. The summed E-state index contributed by atoms with van der Waals surface area (Å²) in [6.45, 7) is 3.70. The average Bonchev–Trinajstić information content (AvgIpc) is 2.91. The van der Waals surface area contributed by atoms with E-state index in [-0.39, 0.29) is 17.7 Å². The van der Waals surface area contributed by atoms with Crippen LogP contribution < -0.4 is 10.6 Å². The van der Waals surface area contributed by atoms with Crippen LogP contribution >= 0.6 is 0 Å². The molecule has 1 aliphatic carbocycles. The van der Waals surface area contributed by atoms with Crippen LogP contribution in [0, 0.1) is 11.8 Å². The first-order chi connectivity index (χ1) is 10.0. The number of hydrogen-bond acceptors (Lipinski definition) is 2. The molecule has 0 unspecified atom stereocenters. The molecular formula is C17H24N2O2. The molecule has 2 rings (SSSR count). The molecule has 0 heterocycles. The third-order valence-corrected chi connectivity index (χ3v) is 3.89. The molecule has 1 aliphatic rings. The highest BCUT2D eigenvalue weighted by atomic mass is 16.2. The van der Waals surface area contributed by atoms with Crippen molar-refractivity contribution >= 4 is 23.2 Å². The maximum Gasteiger partial charge on any atom is 0.226 e. The Balaban J connectivity index is 1.90. The number of carbonyl (C=O) groups is 2. The van der Waals surface area contributed by atoms with E-state index in [1.807, 2.05) is 32.0 Å². The summed E-state index contributed by atoms with van der Waals surface area (Å²) in [7, 11) is 0. The van der Waals surface area contributed by atoms with Crippen LogP contribution in [0.1, 0.15) is 46.0 Å².